The fourth-order valence-electron chi connectivity index (χ4n) is 3.79. The molecule has 1 fully saturated rings. The number of piperidine rings is 1. The molecule has 1 aliphatic heterocycles. The summed E-state index contributed by atoms with van der Waals surface area (Å²) >= 11 is 0. The molecule has 0 saturated carbocycles. The van der Waals surface area contributed by atoms with Crippen molar-refractivity contribution in [2.24, 2.45) is 11.8 Å². The van der Waals surface area contributed by atoms with Gasteiger partial charge < -0.3 is 15.5 Å². The average molecular weight is 476 g/mol. The summed E-state index contributed by atoms with van der Waals surface area (Å²) in [5, 5.41) is 5.67. The van der Waals surface area contributed by atoms with Crippen molar-refractivity contribution in [2.75, 3.05) is 23.7 Å². The summed E-state index contributed by atoms with van der Waals surface area (Å²) in [6.07, 6.45) is -3.10. The molecule has 0 unspecified atom stereocenters. The third kappa shape index (κ3) is 6.82. The molecule has 182 valence electrons. The first-order chi connectivity index (χ1) is 16.0. The number of rotatable bonds is 6. The zero-order valence-corrected chi connectivity index (χ0v) is 19.1. The summed E-state index contributed by atoms with van der Waals surface area (Å²) in [4.78, 5) is 38.7. The Labute approximate surface area is 196 Å². The molecule has 0 atom stereocenters. The second-order valence-electron chi connectivity index (χ2n) is 8.85. The Bertz CT molecular complexity index is 1010. The highest BCUT2D eigenvalue weighted by Gasteiger charge is 2.31. The lowest BCUT2D eigenvalue weighted by Crippen LogP contribution is -2.41. The molecule has 2 N–H and O–H groups in total. The number of likely N-dealkylation sites (tertiary alicyclic amines) is 1. The van der Waals surface area contributed by atoms with Crippen LogP contribution in [0.15, 0.2) is 48.5 Å². The van der Waals surface area contributed by atoms with Crippen LogP contribution in [0.25, 0.3) is 0 Å². The van der Waals surface area contributed by atoms with E-state index in [1.54, 1.807) is 29.2 Å². The average Bonchev–Trinajstić information content (AvgIpc) is 2.79. The molecule has 2 aromatic carbocycles. The molecule has 3 rings (SSSR count). The lowest BCUT2D eigenvalue weighted by molar-refractivity contribution is -0.137. The van der Waals surface area contributed by atoms with Crippen LogP contribution in [0.1, 0.15) is 49.0 Å². The van der Waals surface area contributed by atoms with Gasteiger partial charge in [0.1, 0.15) is 0 Å². The van der Waals surface area contributed by atoms with E-state index in [-0.39, 0.29) is 35.1 Å². The fourth-order valence-corrected chi connectivity index (χ4v) is 3.79. The zero-order valence-electron chi connectivity index (χ0n) is 19.1. The van der Waals surface area contributed by atoms with E-state index in [1.807, 2.05) is 13.8 Å². The predicted octanol–water partition coefficient (Wildman–Crippen LogP) is 5.18. The Balaban J connectivity index is 1.49. The molecule has 0 spiro atoms. The van der Waals surface area contributed by atoms with Crippen molar-refractivity contribution in [3.05, 3.63) is 59.7 Å². The van der Waals surface area contributed by atoms with Crippen molar-refractivity contribution in [1.29, 1.82) is 0 Å². The number of nitrogens with one attached hydrogen (secondary N) is 2. The summed E-state index contributed by atoms with van der Waals surface area (Å²) in [6.45, 7) is 4.62. The molecule has 2 aromatic rings. The normalized spacial score (nSPS) is 14.7. The van der Waals surface area contributed by atoms with Gasteiger partial charge in [0.25, 0.3) is 5.91 Å². The molecular weight excluding hydrogens is 447 g/mol. The van der Waals surface area contributed by atoms with Gasteiger partial charge in [-0.2, -0.15) is 13.2 Å². The quantitative estimate of drug-likeness (QED) is 0.604. The topological polar surface area (TPSA) is 78.5 Å². The number of benzene rings is 2. The van der Waals surface area contributed by atoms with Crippen LogP contribution in [0, 0.1) is 11.8 Å². The smallest absolute Gasteiger partial charge is 0.339 e. The monoisotopic (exact) mass is 475 g/mol. The first kappa shape index (κ1) is 25.3. The number of anilines is 2. The molecule has 6 nitrogen and oxygen atoms in total. The van der Waals surface area contributed by atoms with Crippen molar-refractivity contribution in [1.82, 2.24) is 4.90 Å². The number of nitrogens with zero attached hydrogens (tertiary/aromatic N) is 1. The highest BCUT2D eigenvalue weighted by molar-refractivity contribution is 5.96. The van der Waals surface area contributed by atoms with Crippen LogP contribution in [-0.2, 0) is 15.8 Å². The SMILES string of the molecule is CC(C)CC(=O)Nc1ccc(NC(=O)C2CCN(C(=O)c3ccc(C(F)(F)F)cc3)CC2)cc1. The number of carbonyl (C=O) groups is 3. The van der Waals surface area contributed by atoms with Gasteiger partial charge in [0.15, 0.2) is 0 Å². The predicted molar refractivity (Wildman–Crippen MR) is 123 cm³/mol. The molecule has 34 heavy (non-hydrogen) atoms. The van der Waals surface area contributed by atoms with Gasteiger partial charge in [-0.15, -0.1) is 0 Å². The van der Waals surface area contributed by atoms with Gasteiger partial charge in [0.05, 0.1) is 5.56 Å². The summed E-state index contributed by atoms with van der Waals surface area (Å²) in [5.74, 6) is -0.581. The second-order valence-corrected chi connectivity index (χ2v) is 8.85. The van der Waals surface area contributed by atoms with Crippen LogP contribution in [-0.4, -0.2) is 35.7 Å². The maximum absolute atomic E-state index is 12.7. The zero-order chi connectivity index (χ0) is 24.9. The molecule has 9 heteroatoms. The minimum atomic E-state index is -4.45. The van der Waals surface area contributed by atoms with Crippen molar-refractivity contribution in [3.8, 4) is 0 Å². The number of alkyl halides is 3. The van der Waals surface area contributed by atoms with Gasteiger partial charge in [-0.25, -0.2) is 0 Å². The summed E-state index contributed by atoms with van der Waals surface area (Å²) in [5.41, 5.74) is 0.649. The first-order valence-corrected chi connectivity index (χ1v) is 11.2. The minimum absolute atomic E-state index is 0.0654. The van der Waals surface area contributed by atoms with Crippen molar-refractivity contribution in [2.45, 2.75) is 39.3 Å². The molecular formula is C25H28F3N3O3. The van der Waals surface area contributed by atoms with E-state index in [4.69, 9.17) is 0 Å². The Morgan fingerprint density at radius 2 is 1.44 bits per heavy atom. The highest BCUT2D eigenvalue weighted by atomic mass is 19.4. The van der Waals surface area contributed by atoms with Crippen LogP contribution in [0.3, 0.4) is 0 Å². The van der Waals surface area contributed by atoms with E-state index in [2.05, 4.69) is 10.6 Å². The van der Waals surface area contributed by atoms with E-state index in [9.17, 15) is 27.6 Å². The fraction of sp³-hybridized carbons (Fsp3) is 0.400. The van der Waals surface area contributed by atoms with Gasteiger partial charge in [-0.05, 0) is 67.3 Å². The van der Waals surface area contributed by atoms with Gasteiger partial charge in [-0.3, -0.25) is 14.4 Å². The second kappa shape index (κ2) is 10.7. The maximum Gasteiger partial charge on any atom is 0.416 e. The number of amides is 3. The van der Waals surface area contributed by atoms with Crippen LogP contribution in [0.5, 0.6) is 0 Å². The largest absolute Gasteiger partial charge is 0.416 e. The molecule has 3 amide bonds. The van der Waals surface area contributed by atoms with Crippen LogP contribution >= 0.6 is 0 Å². The standard InChI is InChI=1S/C25H28F3N3O3/c1-16(2)15-22(32)29-20-7-9-21(10-8-20)30-23(33)17-11-13-31(14-12-17)24(34)18-3-5-19(6-4-18)25(26,27)28/h3-10,16-17H,11-15H2,1-2H3,(H,29,32)(H,30,33). The minimum Gasteiger partial charge on any atom is -0.339 e. The number of hydrogen-bond donors (Lipinski definition) is 2. The maximum atomic E-state index is 12.7. The molecule has 0 radical (unpaired) electrons. The molecule has 0 aromatic heterocycles. The number of hydrogen-bond acceptors (Lipinski definition) is 3. The Morgan fingerprint density at radius 3 is 1.94 bits per heavy atom. The van der Waals surface area contributed by atoms with E-state index >= 15 is 0 Å². The summed E-state index contributed by atoms with van der Waals surface area (Å²) in [6, 6.07) is 11.0. The summed E-state index contributed by atoms with van der Waals surface area (Å²) in [7, 11) is 0. The molecule has 1 saturated heterocycles. The Morgan fingerprint density at radius 1 is 0.912 bits per heavy atom. The third-order valence-corrected chi connectivity index (χ3v) is 5.64. The number of halogens is 3. The van der Waals surface area contributed by atoms with Crippen molar-refractivity contribution in [3.63, 3.8) is 0 Å². The van der Waals surface area contributed by atoms with E-state index in [1.165, 1.54) is 12.1 Å². The first-order valence-electron chi connectivity index (χ1n) is 11.2. The molecule has 1 aliphatic rings. The highest BCUT2D eigenvalue weighted by Crippen LogP contribution is 2.29. The molecule has 0 bridgehead atoms. The Kier molecular flexibility index (Phi) is 7.96. The van der Waals surface area contributed by atoms with E-state index in [0.717, 1.165) is 12.1 Å². The van der Waals surface area contributed by atoms with Crippen molar-refractivity contribution < 1.29 is 27.6 Å². The molecule has 0 aliphatic carbocycles. The summed E-state index contributed by atoms with van der Waals surface area (Å²) < 4.78 is 38.1. The van der Waals surface area contributed by atoms with Crippen LogP contribution in [0.4, 0.5) is 24.5 Å². The third-order valence-electron chi connectivity index (χ3n) is 5.64. The van der Waals surface area contributed by atoms with E-state index < -0.39 is 11.7 Å². The lowest BCUT2D eigenvalue weighted by Gasteiger charge is -2.31. The van der Waals surface area contributed by atoms with Gasteiger partial charge in [0.2, 0.25) is 11.8 Å². The van der Waals surface area contributed by atoms with Gasteiger partial charge in [-0.1, -0.05) is 13.8 Å². The molecule has 1 heterocycles. The van der Waals surface area contributed by atoms with Crippen LogP contribution in [0.2, 0.25) is 0 Å². The van der Waals surface area contributed by atoms with Gasteiger partial charge in [0, 0.05) is 42.4 Å². The van der Waals surface area contributed by atoms with Gasteiger partial charge >= 0.3 is 6.18 Å². The van der Waals surface area contributed by atoms with Crippen molar-refractivity contribution >= 4 is 29.1 Å². The number of carbonyl (C=O) groups excluding carboxylic acids is 3. The Hall–Kier alpha value is -3.36. The van der Waals surface area contributed by atoms with E-state index in [0.29, 0.717) is 43.7 Å². The lowest BCUT2D eigenvalue weighted by atomic mass is 9.95. The van der Waals surface area contributed by atoms with Crippen LogP contribution < -0.4 is 10.6 Å².